The van der Waals surface area contributed by atoms with Gasteiger partial charge in [-0.15, -0.1) is 0 Å². The van der Waals surface area contributed by atoms with Crippen molar-refractivity contribution in [3.05, 3.63) is 23.4 Å². The number of hydrogen-bond acceptors (Lipinski definition) is 3. The fourth-order valence-electron chi connectivity index (χ4n) is 0.985. The highest BCUT2D eigenvalue weighted by Gasteiger charge is 2.06. The predicted molar refractivity (Wildman–Crippen MR) is 48.7 cm³/mol. The van der Waals surface area contributed by atoms with Crippen LogP contribution in [0.4, 0.5) is 5.82 Å². The first kappa shape index (κ1) is 9.38. The molecule has 0 aromatic carbocycles. The van der Waals surface area contributed by atoms with Crippen LogP contribution in [0.25, 0.3) is 0 Å². The van der Waals surface area contributed by atoms with Crippen LogP contribution < -0.4 is 5.32 Å². The van der Waals surface area contributed by atoms with Crippen LogP contribution in [0.3, 0.4) is 0 Å². The normalized spacial score (nSPS) is 9.38. The van der Waals surface area contributed by atoms with E-state index in [0.29, 0.717) is 17.7 Å². The van der Waals surface area contributed by atoms with E-state index in [-0.39, 0.29) is 5.91 Å². The van der Waals surface area contributed by atoms with Gasteiger partial charge in [-0.25, -0.2) is 4.98 Å². The van der Waals surface area contributed by atoms with Crippen molar-refractivity contribution in [3.8, 4) is 0 Å². The van der Waals surface area contributed by atoms with E-state index < -0.39 is 0 Å². The number of amides is 1. The van der Waals surface area contributed by atoms with Crippen molar-refractivity contribution in [2.24, 2.45) is 0 Å². The quantitative estimate of drug-likeness (QED) is 0.691. The van der Waals surface area contributed by atoms with E-state index in [0.717, 1.165) is 5.56 Å². The first-order chi connectivity index (χ1) is 6.15. The van der Waals surface area contributed by atoms with E-state index in [9.17, 15) is 9.59 Å². The summed E-state index contributed by atoms with van der Waals surface area (Å²) in [5, 5.41) is 2.48. The molecule has 0 aliphatic heterocycles. The monoisotopic (exact) mass is 178 g/mol. The van der Waals surface area contributed by atoms with Gasteiger partial charge in [-0.05, 0) is 18.6 Å². The highest BCUT2D eigenvalue weighted by Crippen LogP contribution is 2.13. The molecule has 0 radical (unpaired) electrons. The zero-order valence-electron chi connectivity index (χ0n) is 7.50. The van der Waals surface area contributed by atoms with Crippen molar-refractivity contribution in [1.29, 1.82) is 0 Å². The van der Waals surface area contributed by atoms with Gasteiger partial charge in [0.05, 0.1) is 5.56 Å². The lowest BCUT2D eigenvalue weighted by atomic mass is 10.1. The van der Waals surface area contributed by atoms with Crippen molar-refractivity contribution < 1.29 is 9.59 Å². The number of hydrogen-bond donors (Lipinski definition) is 1. The van der Waals surface area contributed by atoms with Crippen LogP contribution in [0.1, 0.15) is 22.8 Å². The van der Waals surface area contributed by atoms with Gasteiger partial charge >= 0.3 is 0 Å². The Morgan fingerprint density at radius 1 is 1.62 bits per heavy atom. The van der Waals surface area contributed by atoms with Crippen molar-refractivity contribution >= 4 is 18.0 Å². The fourth-order valence-corrected chi connectivity index (χ4v) is 0.985. The second-order valence-electron chi connectivity index (χ2n) is 2.69. The smallest absolute Gasteiger partial charge is 0.222 e. The van der Waals surface area contributed by atoms with Crippen molar-refractivity contribution in [3.63, 3.8) is 0 Å². The summed E-state index contributed by atoms with van der Waals surface area (Å²) in [4.78, 5) is 25.3. The number of aryl methyl sites for hydroxylation is 1. The number of rotatable bonds is 2. The molecule has 0 spiro atoms. The Labute approximate surface area is 76.0 Å². The van der Waals surface area contributed by atoms with Gasteiger partial charge in [0.2, 0.25) is 5.91 Å². The average molecular weight is 178 g/mol. The van der Waals surface area contributed by atoms with E-state index in [1.165, 1.54) is 6.92 Å². The van der Waals surface area contributed by atoms with Crippen LogP contribution in [0.2, 0.25) is 0 Å². The predicted octanol–water partition coefficient (Wildman–Crippen LogP) is 1.16. The van der Waals surface area contributed by atoms with Gasteiger partial charge in [0.15, 0.2) is 6.29 Å². The summed E-state index contributed by atoms with van der Waals surface area (Å²) < 4.78 is 0. The maximum Gasteiger partial charge on any atom is 0.222 e. The average Bonchev–Trinajstić information content (AvgIpc) is 2.03. The minimum Gasteiger partial charge on any atom is -0.310 e. The second-order valence-corrected chi connectivity index (χ2v) is 2.69. The van der Waals surface area contributed by atoms with E-state index in [2.05, 4.69) is 10.3 Å². The van der Waals surface area contributed by atoms with E-state index in [1.807, 2.05) is 0 Å². The molecule has 68 valence electrons. The third-order valence-corrected chi connectivity index (χ3v) is 1.62. The number of carbonyl (C=O) groups excluding carboxylic acids is 2. The second kappa shape index (κ2) is 3.80. The zero-order chi connectivity index (χ0) is 9.84. The highest BCUT2D eigenvalue weighted by atomic mass is 16.1. The SMILES string of the molecule is CC(=O)Nc1nccc(C)c1C=O. The number of nitrogens with one attached hydrogen (secondary N) is 1. The van der Waals surface area contributed by atoms with Crippen LogP contribution >= 0.6 is 0 Å². The van der Waals surface area contributed by atoms with E-state index in [1.54, 1.807) is 19.2 Å². The molecule has 0 aliphatic carbocycles. The van der Waals surface area contributed by atoms with Gasteiger partial charge in [0.25, 0.3) is 0 Å². The molecule has 0 aliphatic rings. The van der Waals surface area contributed by atoms with E-state index in [4.69, 9.17) is 0 Å². The molecule has 4 heteroatoms. The number of aromatic nitrogens is 1. The number of anilines is 1. The Kier molecular flexibility index (Phi) is 2.74. The summed E-state index contributed by atoms with van der Waals surface area (Å²) in [5.74, 6) is 0.0868. The molecular weight excluding hydrogens is 168 g/mol. The Morgan fingerprint density at radius 3 is 2.85 bits per heavy atom. The van der Waals surface area contributed by atoms with Crippen molar-refractivity contribution in [2.75, 3.05) is 5.32 Å². The van der Waals surface area contributed by atoms with Gasteiger partial charge in [0, 0.05) is 13.1 Å². The number of carbonyl (C=O) groups is 2. The summed E-state index contributed by atoms with van der Waals surface area (Å²) in [7, 11) is 0. The van der Waals surface area contributed by atoms with Gasteiger partial charge in [-0.1, -0.05) is 0 Å². The molecule has 1 N–H and O–H groups in total. The molecule has 0 saturated heterocycles. The third-order valence-electron chi connectivity index (χ3n) is 1.62. The maximum atomic E-state index is 10.7. The van der Waals surface area contributed by atoms with Crippen LogP contribution in [0.15, 0.2) is 12.3 Å². The van der Waals surface area contributed by atoms with Gasteiger partial charge in [-0.2, -0.15) is 0 Å². The third kappa shape index (κ3) is 2.11. The Hall–Kier alpha value is -1.71. The standard InChI is InChI=1S/C9H10N2O2/c1-6-3-4-10-9(8(6)5-12)11-7(2)13/h3-5H,1-2H3,(H,10,11,13). The number of pyridine rings is 1. The van der Waals surface area contributed by atoms with Crippen LogP contribution in [-0.2, 0) is 4.79 Å². The lowest BCUT2D eigenvalue weighted by Crippen LogP contribution is -2.10. The molecule has 0 saturated carbocycles. The zero-order valence-corrected chi connectivity index (χ0v) is 7.50. The molecule has 1 heterocycles. The Morgan fingerprint density at radius 2 is 2.31 bits per heavy atom. The molecule has 1 amide bonds. The first-order valence-electron chi connectivity index (χ1n) is 3.83. The van der Waals surface area contributed by atoms with Crippen LogP contribution in [-0.4, -0.2) is 17.2 Å². The summed E-state index contributed by atoms with van der Waals surface area (Å²) in [5.41, 5.74) is 1.23. The topological polar surface area (TPSA) is 59.1 Å². The summed E-state index contributed by atoms with van der Waals surface area (Å²) >= 11 is 0. The minimum absolute atomic E-state index is 0.235. The fraction of sp³-hybridized carbons (Fsp3) is 0.222. The molecule has 1 rings (SSSR count). The van der Waals surface area contributed by atoms with Crippen molar-refractivity contribution in [2.45, 2.75) is 13.8 Å². The Bertz CT molecular complexity index is 347. The maximum absolute atomic E-state index is 10.7. The van der Waals surface area contributed by atoms with Crippen LogP contribution in [0, 0.1) is 6.92 Å². The molecular formula is C9H10N2O2. The van der Waals surface area contributed by atoms with Crippen LogP contribution in [0.5, 0.6) is 0 Å². The molecule has 1 aromatic heterocycles. The van der Waals surface area contributed by atoms with Gasteiger partial charge in [0.1, 0.15) is 5.82 Å². The van der Waals surface area contributed by atoms with Gasteiger partial charge in [-0.3, -0.25) is 9.59 Å². The van der Waals surface area contributed by atoms with Crippen molar-refractivity contribution in [1.82, 2.24) is 4.98 Å². The molecule has 13 heavy (non-hydrogen) atoms. The largest absolute Gasteiger partial charge is 0.310 e. The summed E-state index contributed by atoms with van der Waals surface area (Å²) in [6.07, 6.45) is 2.24. The lowest BCUT2D eigenvalue weighted by molar-refractivity contribution is -0.114. The first-order valence-corrected chi connectivity index (χ1v) is 3.83. The molecule has 1 aromatic rings. The number of nitrogens with zero attached hydrogens (tertiary/aromatic N) is 1. The molecule has 0 bridgehead atoms. The summed E-state index contributed by atoms with van der Waals surface area (Å²) in [6.45, 7) is 3.16. The van der Waals surface area contributed by atoms with Gasteiger partial charge < -0.3 is 5.32 Å². The molecule has 0 unspecified atom stereocenters. The summed E-state index contributed by atoms with van der Waals surface area (Å²) in [6, 6.07) is 1.72. The molecule has 0 fully saturated rings. The molecule has 4 nitrogen and oxygen atoms in total. The molecule has 0 atom stereocenters. The minimum atomic E-state index is -0.235. The Balaban J connectivity index is 3.12. The highest BCUT2D eigenvalue weighted by molar-refractivity contribution is 5.94. The number of aldehydes is 1. The van der Waals surface area contributed by atoms with E-state index >= 15 is 0 Å². The lowest BCUT2D eigenvalue weighted by Gasteiger charge is -2.05.